The number of anilines is 1. The molecule has 0 bridgehead atoms. The Kier molecular flexibility index (Phi) is 4.79. The van der Waals surface area contributed by atoms with Gasteiger partial charge in [-0.1, -0.05) is 30.1 Å². The van der Waals surface area contributed by atoms with Gasteiger partial charge in [-0.2, -0.15) is 5.10 Å². The van der Waals surface area contributed by atoms with Crippen molar-refractivity contribution in [3.8, 4) is 5.82 Å². The Morgan fingerprint density at radius 2 is 2.00 bits per heavy atom. The second-order valence-corrected chi connectivity index (χ2v) is 7.55. The maximum Gasteiger partial charge on any atom is 0.268 e. The normalized spacial score (nSPS) is 12.5. The number of aromatic nitrogens is 8. The molecule has 5 aromatic rings. The van der Waals surface area contributed by atoms with Gasteiger partial charge in [-0.15, -0.1) is 0 Å². The lowest BCUT2D eigenvalue weighted by molar-refractivity contribution is 0.653. The molecule has 0 saturated heterocycles. The molecule has 0 amide bonds. The van der Waals surface area contributed by atoms with E-state index in [-0.39, 0.29) is 16.0 Å². The molecule has 0 radical (unpaired) electrons. The monoisotopic (exact) mass is 455 g/mol. The summed E-state index contributed by atoms with van der Waals surface area (Å²) < 4.78 is 1.45. The van der Waals surface area contributed by atoms with E-state index in [2.05, 4.69) is 35.5 Å². The minimum Gasteiger partial charge on any atom is -0.358 e. The van der Waals surface area contributed by atoms with Crippen LogP contribution in [0.1, 0.15) is 25.2 Å². The number of hydrogen-bond acceptors (Lipinski definition) is 7. The van der Waals surface area contributed by atoms with Crippen molar-refractivity contribution in [3.05, 3.63) is 63.3 Å². The standard InChI is InChI=1S/C19H15Cl2N9O/c1-2-11(27-17-15-16(23-7-22-15)24-8-25-17)18-28-14-10(21)4-3-9(20)13(14)19(31)30(18)12-5-6-26-29-12/h3-8,11H,2H2,1H3,(H,26,29)(H2,22,23,24,25,27)/t11-/m0/s1. The van der Waals surface area contributed by atoms with Gasteiger partial charge < -0.3 is 10.3 Å². The average molecular weight is 456 g/mol. The van der Waals surface area contributed by atoms with Crippen LogP contribution in [0, 0.1) is 0 Å². The predicted octanol–water partition coefficient (Wildman–Crippen LogP) is 3.65. The Bertz CT molecular complexity index is 1460. The summed E-state index contributed by atoms with van der Waals surface area (Å²) in [5, 5.41) is 11.0. The second kappa shape index (κ2) is 7.64. The maximum atomic E-state index is 13.5. The van der Waals surface area contributed by atoms with Crippen LogP contribution < -0.4 is 10.9 Å². The molecule has 10 nitrogen and oxygen atoms in total. The Morgan fingerprint density at radius 1 is 1.16 bits per heavy atom. The number of H-pyrrole nitrogens is 2. The summed E-state index contributed by atoms with van der Waals surface area (Å²) in [5.74, 6) is 1.43. The van der Waals surface area contributed by atoms with E-state index in [1.807, 2.05) is 6.92 Å². The van der Waals surface area contributed by atoms with Crippen LogP contribution >= 0.6 is 23.2 Å². The molecule has 0 fully saturated rings. The van der Waals surface area contributed by atoms with Crippen LogP contribution in [0.2, 0.25) is 10.0 Å². The van der Waals surface area contributed by atoms with E-state index in [0.717, 1.165) is 0 Å². The van der Waals surface area contributed by atoms with Crippen molar-refractivity contribution in [1.82, 2.24) is 39.7 Å². The summed E-state index contributed by atoms with van der Waals surface area (Å²) in [6.45, 7) is 1.97. The fraction of sp³-hybridized carbons (Fsp3) is 0.158. The van der Waals surface area contributed by atoms with E-state index in [1.165, 1.54) is 10.9 Å². The molecular formula is C19H15Cl2N9O. The molecule has 0 aliphatic carbocycles. The molecule has 0 saturated carbocycles. The number of halogens is 2. The van der Waals surface area contributed by atoms with Crippen LogP contribution in [-0.4, -0.2) is 39.7 Å². The van der Waals surface area contributed by atoms with Gasteiger partial charge in [0.25, 0.3) is 5.56 Å². The Hall–Kier alpha value is -3.50. The summed E-state index contributed by atoms with van der Waals surface area (Å²) in [4.78, 5) is 33.9. The van der Waals surface area contributed by atoms with Crippen LogP contribution in [0.4, 0.5) is 5.82 Å². The molecule has 0 unspecified atom stereocenters. The summed E-state index contributed by atoms with van der Waals surface area (Å²) in [6, 6.07) is 4.48. The number of benzene rings is 1. The van der Waals surface area contributed by atoms with Crippen molar-refractivity contribution in [1.29, 1.82) is 0 Å². The number of nitrogens with zero attached hydrogens (tertiary/aromatic N) is 6. The predicted molar refractivity (Wildman–Crippen MR) is 118 cm³/mol. The van der Waals surface area contributed by atoms with Crippen molar-refractivity contribution in [3.63, 3.8) is 0 Å². The molecule has 0 aliphatic rings. The number of fused-ring (bicyclic) bond motifs is 2. The van der Waals surface area contributed by atoms with Crippen LogP contribution in [0.3, 0.4) is 0 Å². The van der Waals surface area contributed by atoms with Gasteiger partial charge in [0.05, 0.1) is 39.5 Å². The highest BCUT2D eigenvalue weighted by Gasteiger charge is 2.24. The van der Waals surface area contributed by atoms with Gasteiger partial charge in [-0.3, -0.25) is 9.89 Å². The van der Waals surface area contributed by atoms with Crippen LogP contribution in [0.15, 0.2) is 41.8 Å². The molecule has 12 heteroatoms. The van der Waals surface area contributed by atoms with Gasteiger partial charge in [0, 0.05) is 6.07 Å². The Labute approximate surface area is 184 Å². The van der Waals surface area contributed by atoms with Gasteiger partial charge in [0.2, 0.25) is 0 Å². The van der Waals surface area contributed by atoms with Crippen molar-refractivity contribution in [2.45, 2.75) is 19.4 Å². The summed E-state index contributed by atoms with van der Waals surface area (Å²) in [5.41, 5.74) is 1.16. The fourth-order valence-electron chi connectivity index (χ4n) is 3.46. The zero-order valence-corrected chi connectivity index (χ0v) is 17.6. The van der Waals surface area contributed by atoms with Crippen molar-refractivity contribution < 1.29 is 0 Å². The van der Waals surface area contributed by atoms with Crippen molar-refractivity contribution in [2.24, 2.45) is 0 Å². The van der Waals surface area contributed by atoms with E-state index in [1.54, 1.807) is 30.7 Å². The largest absolute Gasteiger partial charge is 0.358 e. The third-order valence-electron chi connectivity index (χ3n) is 4.93. The molecule has 3 N–H and O–H groups in total. The lowest BCUT2D eigenvalue weighted by Crippen LogP contribution is -2.29. The topological polar surface area (TPSA) is 130 Å². The number of hydrogen-bond donors (Lipinski definition) is 3. The molecule has 1 aromatic carbocycles. The zero-order chi connectivity index (χ0) is 21.5. The molecular weight excluding hydrogens is 441 g/mol. The van der Waals surface area contributed by atoms with E-state index in [0.29, 0.717) is 45.6 Å². The molecule has 1 atom stereocenters. The van der Waals surface area contributed by atoms with Crippen molar-refractivity contribution in [2.75, 3.05) is 5.32 Å². The fourth-order valence-corrected chi connectivity index (χ4v) is 3.90. The number of imidazole rings is 1. The average Bonchev–Trinajstić information content (AvgIpc) is 3.46. The quantitative estimate of drug-likeness (QED) is 0.368. The van der Waals surface area contributed by atoms with Gasteiger partial charge >= 0.3 is 0 Å². The molecule has 5 rings (SSSR count). The van der Waals surface area contributed by atoms with E-state index >= 15 is 0 Å². The van der Waals surface area contributed by atoms with Gasteiger partial charge in [0.1, 0.15) is 23.5 Å². The van der Waals surface area contributed by atoms with Crippen LogP contribution in [0.25, 0.3) is 27.9 Å². The van der Waals surface area contributed by atoms with E-state index in [9.17, 15) is 4.79 Å². The molecule has 0 aliphatic heterocycles. The van der Waals surface area contributed by atoms with Crippen molar-refractivity contribution >= 4 is 51.1 Å². The second-order valence-electron chi connectivity index (χ2n) is 6.73. The Morgan fingerprint density at radius 3 is 2.77 bits per heavy atom. The minimum absolute atomic E-state index is 0.236. The maximum absolute atomic E-state index is 13.5. The molecule has 4 aromatic heterocycles. The molecule has 156 valence electrons. The van der Waals surface area contributed by atoms with E-state index < -0.39 is 6.04 Å². The summed E-state index contributed by atoms with van der Waals surface area (Å²) >= 11 is 12.7. The Balaban J connectivity index is 1.76. The third-order valence-corrected chi connectivity index (χ3v) is 5.55. The van der Waals surface area contributed by atoms with Crippen LogP contribution in [0.5, 0.6) is 0 Å². The van der Waals surface area contributed by atoms with Gasteiger partial charge in [-0.25, -0.2) is 24.5 Å². The first kappa shape index (κ1) is 19.5. The minimum atomic E-state index is -0.406. The highest BCUT2D eigenvalue weighted by atomic mass is 35.5. The first-order valence-corrected chi connectivity index (χ1v) is 10.1. The van der Waals surface area contributed by atoms with E-state index in [4.69, 9.17) is 28.2 Å². The number of aromatic amines is 2. The lowest BCUT2D eigenvalue weighted by Gasteiger charge is -2.21. The lowest BCUT2D eigenvalue weighted by atomic mass is 10.1. The SMILES string of the molecule is CC[C@H](Nc1ncnc2nc[nH]c12)c1nc2c(Cl)ccc(Cl)c2c(=O)n1-c1ccn[nH]1. The number of nitrogens with one attached hydrogen (secondary N) is 3. The molecule has 31 heavy (non-hydrogen) atoms. The zero-order valence-electron chi connectivity index (χ0n) is 16.1. The molecule has 0 spiro atoms. The highest BCUT2D eigenvalue weighted by Crippen LogP contribution is 2.30. The first-order valence-electron chi connectivity index (χ1n) is 9.39. The van der Waals surface area contributed by atoms with Gasteiger partial charge in [-0.05, 0) is 18.6 Å². The first-order chi connectivity index (χ1) is 15.1. The molecule has 4 heterocycles. The van der Waals surface area contributed by atoms with Crippen LogP contribution in [-0.2, 0) is 0 Å². The third kappa shape index (κ3) is 3.20. The smallest absolute Gasteiger partial charge is 0.268 e. The highest BCUT2D eigenvalue weighted by molar-refractivity contribution is 6.39. The van der Waals surface area contributed by atoms with Gasteiger partial charge in [0.15, 0.2) is 11.5 Å². The number of rotatable bonds is 5. The summed E-state index contributed by atoms with van der Waals surface area (Å²) in [6.07, 6.45) is 5.11. The summed E-state index contributed by atoms with van der Waals surface area (Å²) in [7, 11) is 0.